The van der Waals surface area contributed by atoms with Gasteiger partial charge in [0, 0.05) is 24.2 Å². The lowest BCUT2D eigenvalue weighted by Crippen LogP contribution is -2.32. The number of urea groups is 1. The number of nitrogens with one attached hydrogen (secondary N) is 2. The molecule has 0 saturated heterocycles. The van der Waals surface area contributed by atoms with E-state index in [-0.39, 0.29) is 12.1 Å². The van der Waals surface area contributed by atoms with E-state index in [1.165, 1.54) is 14.2 Å². The predicted molar refractivity (Wildman–Crippen MR) is 87.9 cm³/mol. The minimum atomic E-state index is -1.32. The van der Waals surface area contributed by atoms with Gasteiger partial charge in [0.1, 0.15) is 23.1 Å². The van der Waals surface area contributed by atoms with Crippen LogP contribution in [-0.4, -0.2) is 31.9 Å². The fourth-order valence-corrected chi connectivity index (χ4v) is 2.14. The zero-order valence-corrected chi connectivity index (χ0v) is 13.7. The Morgan fingerprint density at radius 3 is 2.56 bits per heavy atom. The molecule has 0 unspecified atom stereocenters. The summed E-state index contributed by atoms with van der Waals surface area (Å²) in [6.07, 6.45) is -1.32. The van der Waals surface area contributed by atoms with Crippen LogP contribution < -0.4 is 20.1 Å². The van der Waals surface area contributed by atoms with E-state index in [1.807, 2.05) is 0 Å². The van der Waals surface area contributed by atoms with Crippen molar-refractivity contribution in [3.63, 3.8) is 0 Å². The summed E-state index contributed by atoms with van der Waals surface area (Å²) in [6, 6.07) is 7.03. The quantitative estimate of drug-likeness (QED) is 0.747. The number of hydrogen-bond donors (Lipinski definition) is 3. The lowest BCUT2D eigenvalue weighted by molar-refractivity contribution is 0.170. The largest absolute Gasteiger partial charge is 0.497 e. The Hall–Kier alpha value is -2.87. The van der Waals surface area contributed by atoms with Gasteiger partial charge in [-0.15, -0.1) is 0 Å². The fraction of sp³-hybridized carbons (Fsp3) is 0.235. The molecule has 0 fully saturated rings. The van der Waals surface area contributed by atoms with E-state index in [1.54, 1.807) is 18.2 Å². The molecule has 2 aromatic carbocycles. The summed E-state index contributed by atoms with van der Waals surface area (Å²) in [5.74, 6) is -0.679. The number of halogens is 2. The van der Waals surface area contributed by atoms with Crippen molar-refractivity contribution in [2.24, 2.45) is 0 Å². The monoisotopic (exact) mass is 352 g/mol. The second-order valence-electron chi connectivity index (χ2n) is 5.08. The number of carbonyl (C=O) groups is 1. The van der Waals surface area contributed by atoms with Crippen LogP contribution in [0.1, 0.15) is 11.7 Å². The lowest BCUT2D eigenvalue weighted by atomic mass is 10.1. The highest BCUT2D eigenvalue weighted by molar-refractivity contribution is 5.91. The van der Waals surface area contributed by atoms with Gasteiger partial charge in [-0.1, -0.05) is 6.07 Å². The molecule has 0 aliphatic rings. The molecule has 2 aromatic rings. The number of carbonyl (C=O) groups excluding carboxylic acids is 1. The Kier molecular flexibility index (Phi) is 6.13. The molecule has 2 rings (SSSR count). The molecule has 0 aliphatic carbocycles. The van der Waals surface area contributed by atoms with Gasteiger partial charge in [-0.3, -0.25) is 0 Å². The Morgan fingerprint density at radius 2 is 1.92 bits per heavy atom. The SMILES string of the molecule is COc1ccc(NC(=O)NC[C@H](O)c2ccc(F)cc2F)c(OC)c1. The third kappa shape index (κ3) is 4.80. The molecule has 0 radical (unpaired) electrons. The third-order valence-corrected chi connectivity index (χ3v) is 3.43. The zero-order valence-electron chi connectivity index (χ0n) is 13.7. The van der Waals surface area contributed by atoms with Crippen molar-refractivity contribution in [1.82, 2.24) is 5.32 Å². The van der Waals surface area contributed by atoms with Crippen LogP contribution >= 0.6 is 0 Å². The van der Waals surface area contributed by atoms with Crippen molar-refractivity contribution in [2.45, 2.75) is 6.10 Å². The van der Waals surface area contributed by atoms with Crippen LogP contribution in [0.3, 0.4) is 0 Å². The first-order valence-electron chi connectivity index (χ1n) is 7.34. The molecule has 25 heavy (non-hydrogen) atoms. The van der Waals surface area contributed by atoms with Crippen LogP contribution in [0.15, 0.2) is 36.4 Å². The van der Waals surface area contributed by atoms with Crippen molar-refractivity contribution in [3.05, 3.63) is 53.6 Å². The smallest absolute Gasteiger partial charge is 0.319 e. The third-order valence-electron chi connectivity index (χ3n) is 3.43. The molecule has 8 heteroatoms. The van der Waals surface area contributed by atoms with Crippen molar-refractivity contribution in [2.75, 3.05) is 26.1 Å². The zero-order chi connectivity index (χ0) is 18.4. The summed E-state index contributed by atoms with van der Waals surface area (Å²) in [5, 5.41) is 14.9. The van der Waals surface area contributed by atoms with Crippen LogP contribution in [0.25, 0.3) is 0 Å². The van der Waals surface area contributed by atoms with Gasteiger partial charge in [-0.25, -0.2) is 13.6 Å². The van der Waals surface area contributed by atoms with E-state index in [0.29, 0.717) is 23.3 Å². The minimum Gasteiger partial charge on any atom is -0.497 e. The molecule has 0 saturated carbocycles. The van der Waals surface area contributed by atoms with Gasteiger partial charge in [-0.2, -0.15) is 0 Å². The normalized spacial score (nSPS) is 11.6. The Balaban J connectivity index is 1.96. The Morgan fingerprint density at radius 1 is 1.16 bits per heavy atom. The van der Waals surface area contributed by atoms with Gasteiger partial charge < -0.3 is 25.2 Å². The molecule has 0 bridgehead atoms. The number of methoxy groups -OCH3 is 2. The molecular weight excluding hydrogens is 334 g/mol. The first-order valence-corrected chi connectivity index (χ1v) is 7.34. The van der Waals surface area contributed by atoms with Crippen LogP contribution in [0.4, 0.5) is 19.3 Å². The molecule has 1 atom stereocenters. The van der Waals surface area contributed by atoms with Crippen molar-refractivity contribution >= 4 is 11.7 Å². The summed E-state index contributed by atoms with van der Waals surface area (Å²) in [4.78, 5) is 11.9. The second kappa shape index (κ2) is 8.29. The maximum atomic E-state index is 13.6. The fourth-order valence-electron chi connectivity index (χ4n) is 2.14. The summed E-state index contributed by atoms with van der Waals surface area (Å²) < 4.78 is 36.7. The first kappa shape index (κ1) is 18.5. The highest BCUT2D eigenvalue weighted by atomic mass is 19.1. The Bertz CT molecular complexity index is 755. The van der Waals surface area contributed by atoms with Crippen LogP contribution in [0.5, 0.6) is 11.5 Å². The maximum absolute atomic E-state index is 13.6. The number of amides is 2. The van der Waals surface area contributed by atoms with Gasteiger partial charge in [0.05, 0.1) is 26.0 Å². The number of ether oxygens (including phenoxy) is 2. The summed E-state index contributed by atoms with van der Waals surface area (Å²) >= 11 is 0. The van der Waals surface area contributed by atoms with Gasteiger partial charge in [0.15, 0.2) is 0 Å². The number of benzene rings is 2. The van der Waals surface area contributed by atoms with Crippen molar-refractivity contribution < 1.29 is 28.2 Å². The average molecular weight is 352 g/mol. The topological polar surface area (TPSA) is 79.8 Å². The van der Waals surface area contributed by atoms with E-state index < -0.39 is 23.8 Å². The predicted octanol–water partition coefficient (Wildman–Crippen LogP) is 2.84. The Labute approximate surface area is 143 Å². The van der Waals surface area contributed by atoms with Crippen molar-refractivity contribution in [3.8, 4) is 11.5 Å². The molecule has 3 N–H and O–H groups in total. The number of anilines is 1. The molecule has 0 heterocycles. The summed E-state index contributed by atoms with van der Waals surface area (Å²) in [6.45, 7) is -0.257. The van der Waals surface area contributed by atoms with Gasteiger partial charge >= 0.3 is 6.03 Å². The van der Waals surface area contributed by atoms with Gasteiger partial charge in [0.25, 0.3) is 0 Å². The lowest BCUT2D eigenvalue weighted by Gasteiger charge is -2.15. The van der Waals surface area contributed by atoms with Crippen LogP contribution in [-0.2, 0) is 0 Å². The second-order valence-corrected chi connectivity index (χ2v) is 5.08. The highest BCUT2D eigenvalue weighted by Gasteiger charge is 2.15. The molecular formula is C17H18F2N2O4. The number of rotatable bonds is 6. The molecule has 0 aromatic heterocycles. The standard InChI is InChI=1S/C17H18F2N2O4/c1-24-11-4-6-14(16(8-11)25-2)21-17(23)20-9-15(22)12-5-3-10(18)7-13(12)19/h3-8,15,22H,9H2,1-2H3,(H2,20,21,23)/t15-/m0/s1. The summed E-state index contributed by atoms with van der Waals surface area (Å²) in [7, 11) is 2.95. The number of hydrogen-bond acceptors (Lipinski definition) is 4. The van der Waals surface area contributed by atoms with Crippen molar-refractivity contribution in [1.29, 1.82) is 0 Å². The molecule has 0 aliphatic heterocycles. The number of aliphatic hydroxyl groups excluding tert-OH is 1. The van der Waals surface area contributed by atoms with E-state index in [2.05, 4.69) is 10.6 Å². The highest BCUT2D eigenvalue weighted by Crippen LogP contribution is 2.28. The van der Waals surface area contributed by atoms with E-state index in [0.717, 1.165) is 12.1 Å². The van der Waals surface area contributed by atoms with Crippen LogP contribution in [0, 0.1) is 11.6 Å². The van der Waals surface area contributed by atoms with E-state index in [4.69, 9.17) is 9.47 Å². The van der Waals surface area contributed by atoms with Crippen LogP contribution in [0.2, 0.25) is 0 Å². The average Bonchev–Trinajstić information content (AvgIpc) is 2.60. The van der Waals surface area contributed by atoms with E-state index in [9.17, 15) is 18.7 Å². The minimum absolute atomic E-state index is 0.108. The maximum Gasteiger partial charge on any atom is 0.319 e. The van der Waals surface area contributed by atoms with Gasteiger partial charge in [-0.05, 0) is 18.2 Å². The molecule has 134 valence electrons. The van der Waals surface area contributed by atoms with Gasteiger partial charge in [0.2, 0.25) is 0 Å². The molecule has 2 amide bonds. The molecule has 6 nitrogen and oxygen atoms in total. The molecule has 0 spiro atoms. The van der Waals surface area contributed by atoms with E-state index >= 15 is 0 Å². The number of aliphatic hydroxyl groups is 1. The first-order chi connectivity index (χ1) is 11.9. The summed E-state index contributed by atoms with van der Waals surface area (Å²) in [5.41, 5.74) is 0.284.